The first-order valence-corrected chi connectivity index (χ1v) is 14.3. The fourth-order valence-electron chi connectivity index (χ4n) is 4.04. The molecule has 0 bridgehead atoms. The van der Waals surface area contributed by atoms with E-state index in [1.54, 1.807) is 48.9 Å². The molecule has 3 aromatic heterocycles. The van der Waals surface area contributed by atoms with Gasteiger partial charge in [-0.25, -0.2) is 23.4 Å². The van der Waals surface area contributed by atoms with E-state index in [0.717, 1.165) is 5.56 Å². The van der Waals surface area contributed by atoms with Gasteiger partial charge in [-0.15, -0.1) is 10.2 Å². The molecule has 4 rings (SSSR count). The van der Waals surface area contributed by atoms with E-state index in [4.69, 9.17) is 18.9 Å². The monoisotopic (exact) mass is 583 g/mol. The minimum absolute atomic E-state index is 0.0985. The number of aromatic nitrogens is 6. The van der Waals surface area contributed by atoms with Crippen LogP contribution in [0.15, 0.2) is 48.9 Å². The number of aryl methyl sites for hydroxylation is 1. The predicted molar refractivity (Wildman–Crippen MR) is 152 cm³/mol. The van der Waals surface area contributed by atoms with Gasteiger partial charge in [-0.05, 0) is 51.5 Å². The summed E-state index contributed by atoms with van der Waals surface area (Å²) in [4.78, 5) is 12.9. The summed E-state index contributed by atoms with van der Waals surface area (Å²) >= 11 is 0. The molecule has 13 nitrogen and oxygen atoms in total. The van der Waals surface area contributed by atoms with Gasteiger partial charge < -0.3 is 18.9 Å². The van der Waals surface area contributed by atoms with Crippen LogP contribution in [0, 0.1) is 6.92 Å². The molecule has 0 aliphatic rings. The number of hydrogen-bond acceptors (Lipinski definition) is 11. The lowest BCUT2D eigenvalue weighted by Crippen LogP contribution is -2.35. The van der Waals surface area contributed by atoms with Crippen molar-refractivity contribution < 1.29 is 27.4 Å². The van der Waals surface area contributed by atoms with Gasteiger partial charge in [0.25, 0.3) is 0 Å². The van der Waals surface area contributed by atoms with Crippen molar-refractivity contribution in [1.82, 2.24) is 29.7 Å². The Kier molecular flexibility index (Phi) is 9.03. The predicted octanol–water partition coefficient (Wildman–Crippen LogP) is 3.75. The van der Waals surface area contributed by atoms with Crippen molar-refractivity contribution >= 4 is 16.0 Å². The molecule has 0 radical (unpaired) electrons. The molecule has 1 aromatic carbocycles. The van der Waals surface area contributed by atoms with Crippen molar-refractivity contribution in [3.8, 4) is 34.5 Å². The lowest BCUT2D eigenvalue weighted by molar-refractivity contribution is 0.00152. The second-order valence-electron chi connectivity index (χ2n) is 9.36. The minimum Gasteiger partial charge on any atom is -0.494 e. The van der Waals surface area contributed by atoms with Gasteiger partial charge in [0.05, 0.1) is 27.4 Å². The largest absolute Gasteiger partial charge is 0.494 e. The lowest BCUT2D eigenvalue weighted by atomic mass is 10.2. The fourth-order valence-corrected chi connectivity index (χ4v) is 5.13. The maximum atomic E-state index is 13.9. The van der Waals surface area contributed by atoms with E-state index in [2.05, 4.69) is 29.9 Å². The van der Waals surface area contributed by atoms with Gasteiger partial charge in [-0.1, -0.05) is 6.07 Å². The van der Waals surface area contributed by atoms with Gasteiger partial charge in [-0.3, -0.25) is 9.29 Å². The van der Waals surface area contributed by atoms with Crippen LogP contribution in [0.4, 0.5) is 5.95 Å². The third-order valence-electron chi connectivity index (χ3n) is 6.12. The van der Waals surface area contributed by atoms with E-state index < -0.39 is 21.4 Å². The molecular weight excluding hydrogens is 550 g/mol. The van der Waals surface area contributed by atoms with Crippen molar-refractivity contribution in [1.29, 1.82) is 0 Å². The Hall–Kier alpha value is -4.30. The number of sulfonamides is 1. The zero-order valence-corrected chi connectivity index (χ0v) is 24.7. The Morgan fingerprint density at radius 3 is 2.05 bits per heavy atom. The van der Waals surface area contributed by atoms with Crippen LogP contribution < -0.4 is 18.9 Å². The third kappa shape index (κ3) is 6.38. The number of rotatable bonds is 12. The number of nitrogens with zero attached hydrogens (tertiary/aromatic N) is 6. The maximum Gasteiger partial charge on any atom is 0.243 e. The Balaban J connectivity index is 1.84. The van der Waals surface area contributed by atoms with Crippen LogP contribution in [0.1, 0.15) is 38.3 Å². The first-order valence-electron chi connectivity index (χ1n) is 12.7. The molecule has 218 valence electrons. The molecule has 4 aromatic rings. The molecule has 0 amide bonds. The second kappa shape index (κ2) is 12.5. The smallest absolute Gasteiger partial charge is 0.243 e. The summed E-state index contributed by atoms with van der Waals surface area (Å²) in [6.45, 7) is 7.00. The van der Waals surface area contributed by atoms with E-state index >= 15 is 0 Å². The van der Waals surface area contributed by atoms with E-state index in [-0.39, 0.29) is 23.7 Å². The van der Waals surface area contributed by atoms with Crippen molar-refractivity contribution in [2.75, 3.05) is 26.1 Å². The fraction of sp³-hybridized carbons (Fsp3) is 0.370. The SMILES string of the molecule is COc1ccc(-c2nnc(NS(=O)(=O)[C@@H](C)[C@@H](OC(C)C)c3ncc(C)cn3)n2-c2c(OC)cccc2OC)cn1. The summed E-state index contributed by atoms with van der Waals surface area (Å²) in [5, 5.41) is 7.40. The zero-order valence-electron chi connectivity index (χ0n) is 23.9. The number of para-hydroxylation sites is 1. The number of hydrogen-bond donors (Lipinski definition) is 1. The molecule has 41 heavy (non-hydrogen) atoms. The average Bonchev–Trinajstić information content (AvgIpc) is 3.37. The molecule has 2 atom stereocenters. The summed E-state index contributed by atoms with van der Waals surface area (Å²) in [6, 6.07) is 8.58. The summed E-state index contributed by atoms with van der Waals surface area (Å²) in [5.41, 5.74) is 1.76. The summed E-state index contributed by atoms with van der Waals surface area (Å²) in [7, 11) is 0.346. The van der Waals surface area contributed by atoms with E-state index in [9.17, 15) is 8.42 Å². The Morgan fingerprint density at radius 1 is 0.854 bits per heavy atom. The molecular formula is C27H33N7O6S. The number of ether oxygens (including phenoxy) is 4. The van der Waals surface area contributed by atoms with E-state index in [1.807, 2.05) is 20.8 Å². The van der Waals surface area contributed by atoms with Crippen molar-refractivity contribution in [3.63, 3.8) is 0 Å². The number of anilines is 1. The summed E-state index contributed by atoms with van der Waals surface area (Å²) in [6.07, 6.45) is 3.52. The molecule has 0 aliphatic heterocycles. The summed E-state index contributed by atoms with van der Waals surface area (Å²) < 4.78 is 54.2. The van der Waals surface area contributed by atoms with Crippen molar-refractivity contribution in [2.45, 2.75) is 45.2 Å². The minimum atomic E-state index is -4.16. The molecule has 0 saturated heterocycles. The third-order valence-corrected chi connectivity index (χ3v) is 7.81. The Bertz CT molecular complexity index is 1550. The van der Waals surface area contributed by atoms with Gasteiger partial charge in [0.2, 0.25) is 21.9 Å². The first kappa shape index (κ1) is 29.7. The molecule has 1 N–H and O–H groups in total. The lowest BCUT2D eigenvalue weighted by Gasteiger charge is -2.25. The van der Waals surface area contributed by atoms with Crippen LogP contribution in [-0.4, -0.2) is 70.8 Å². The highest BCUT2D eigenvalue weighted by Gasteiger charge is 2.36. The van der Waals surface area contributed by atoms with Crippen LogP contribution in [0.25, 0.3) is 17.1 Å². The van der Waals surface area contributed by atoms with Crippen LogP contribution >= 0.6 is 0 Å². The van der Waals surface area contributed by atoms with Gasteiger partial charge >= 0.3 is 0 Å². The maximum absolute atomic E-state index is 13.9. The van der Waals surface area contributed by atoms with Gasteiger partial charge in [0, 0.05) is 30.2 Å². The number of nitrogens with one attached hydrogen (secondary N) is 1. The highest BCUT2D eigenvalue weighted by molar-refractivity contribution is 7.93. The molecule has 0 saturated carbocycles. The average molecular weight is 584 g/mol. The highest BCUT2D eigenvalue weighted by Crippen LogP contribution is 2.38. The van der Waals surface area contributed by atoms with Crippen LogP contribution in [-0.2, 0) is 14.8 Å². The van der Waals surface area contributed by atoms with Crippen molar-refractivity contribution in [3.05, 3.63) is 60.3 Å². The van der Waals surface area contributed by atoms with E-state index in [0.29, 0.717) is 28.6 Å². The molecule has 14 heteroatoms. The molecule has 0 fully saturated rings. The number of benzene rings is 1. The molecule has 3 heterocycles. The van der Waals surface area contributed by atoms with Crippen LogP contribution in [0.3, 0.4) is 0 Å². The zero-order chi connectivity index (χ0) is 29.7. The standard InChI is InChI=1S/C27H33N7O6S/c1-16(2)40-24(25-29-13-17(3)14-30-25)18(4)41(35,36)33-27-32-31-26(19-11-12-22(39-7)28-15-19)34(27)23-20(37-5)9-8-10-21(23)38-6/h8-16,18,24H,1-7H3,(H,32,33)/t18-,24+/m0/s1. The molecule has 0 aliphatic carbocycles. The van der Waals surface area contributed by atoms with Crippen LogP contribution in [0.5, 0.6) is 17.4 Å². The summed E-state index contributed by atoms with van der Waals surface area (Å²) in [5.74, 6) is 1.63. The van der Waals surface area contributed by atoms with Gasteiger partial charge in [0.1, 0.15) is 28.5 Å². The van der Waals surface area contributed by atoms with E-state index in [1.165, 1.54) is 32.8 Å². The quantitative estimate of drug-likeness (QED) is 0.259. The van der Waals surface area contributed by atoms with Gasteiger partial charge in [0.15, 0.2) is 11.6 Å². The molecule has 0 spiro atoms. The highest BCUT2D eigenvalue weighted by atomic mass is 32.2. The first-order chi connectivity index (χ1) is 19.6. The van der Waals surface area contributed by atoms with Gasteiger partial charge in [-0.2, -0.15) is 0 Å². The van der Waals surface area contributed by atoms with Crippen molar-refractivity contribution in [2.24, 2.45) is 0 Å². The Labute approximate surface area is 239 Å². The Morgan fingerprint density at radius 2 is 1.51 bits per heavy atom. The number of pyridine rings is 1. The topological polar surface area (TPSA) is 152 Å². The molecule has 0 unspecified atom stereocenters. The van der Waals surface area contributed by atoms with Crippen LogP contribution in [0.2, 0.25) is 0 Å². The number of methoxy groups -OCH3 is 3. The normalized spacial score (nSPS) is 13.1. The second-order valence-corrected chi connectivity index (χ2v) is 11.4.